The molecular weight excluding hydrogens is 240 g/mol. The van der Waals surface area contributed by atoms with E-state index in [1.54, 1.807) is 6.26 Å². The summed E-state index contributed by atoms with van der Waals surface area (Å²) in [6, 6.07) is 12.2. The second-order valence-electron chi connectivity index (χ2n) is 4.72. The standard InChI is InChI=1S/C15H18N2O2/c18-10-9-17-8-7-16-15(17)13-5-3-12(4-6-13)14-2-1-11-19-14/h1-6,11,15-16,18H,7-10H2. The topological polar surface area (TPSA) is 48.6 Å². The van der Waals surface area contributed by atoms with E-state index in [1.807, 2.05) is 12.1 Å². The molecule has 0 radical (unpaired) electrons. The fourth-order valence-corrected chi connectivity index (χ4v) is 2.57. The maximum absolute atomic E-state index is 9.08. The van der Waals surface area contributed by atoms with Crippen molar-refractivity contribution in [3.05, 3.63) is 48.2 Å². The van der Waals surface area contributed by atoms with Crippen LogP contribution in [0.25, 0.3) is 11.3 Å². The van der Waals surface area contributed by atoms with Gasteiger partial charge in [0.2, 0.25) is 0 Å². The Labute approximate surface area is 112 Å². The summed E-state index contributed by atoms with van der Waals surface area (Å²) in [4.78, 5) is 2.25. The zero-order valence-electron chi connectivity index (χ0n) is 10.7. The van der Waals surface area contributed by atoms with Gasteiger partial charge in [0.25, 0.3) is 0 Å². The van der Waals surface area contributed by atoms with Crippen LogP contribution < -0.4 is 5.32 Å². The molecule has 4 heteroatoms. The van der Waals surface area contributed by atoms with Gasteiger partial charge in [-0.15, -0.1) is 0 Å². The number of aliphatic hydroxyl groups excluding tert-OH is 1. The zero-order chi connectivity index (χ0) is 13.1. The van der Waals surface area contributed by atoms with Crippen molar-refractivity contribution in [1.82, 2.24) is 10.2 Å². The first-order valence-corrected chi connectivity index (χ1v) is 6.60. The predicted molar refractivity (Wildman–Crippen MR) is 73.5 cm³/mol. The lowest BCUT2D eigenvalue weighted by atomic mass is 10.1. The Hall–Kier alpha value is -1.62. The van der Waals surface area contributed by atoms with Crippen molar-refractivity contribution in [2.24, 2.45) is 0 Å². The van der Waals surface area contributed by atoms with Crippen molar-refractivity contribution in [3.63, 3.8) is 0 Å². The lowest BCUT2D eigenvalue weighted by Crippen LogP contribution is -2.29. The first-order valence-electron chi connectivity index (χ1n) is 6.60. The Bertz CT molecular complexity index is 507. The van der Waals surface area contributed by atoms with Crippen LogP contribution in [-0.4, -0.2) is 36.2 Å². The molecule has 1 aromatic heterocycles. The van der Waals surface area contributed by atoms with Gasteiger partial charge in [-0.1, -0.05) is 24.3 Å². The van der Waals surface area contributed by atoms with Gasteiger partial charge < -0.3 is 9.52 Å². The van der Waals surface area contributed by atoms with Crippen LogP contribution in [0, 0.1) is 0 Å². The van der Waals surface area contributed by atoms with E-state index in [1.165, 1.54) is 5.56 Å². The lowest BCUT2D eigenvalue weighted by Gasteiger charge is -2.23. The van der Waals surface area contributed by atoms with Gasteiger partial charge >= 0.3 is 0 Å². The van der Waals surface area contributed by atoms with Crippen molar-refractivity contribution in [2.75, 3.05) is 26.2 Å². The third-order valence-corrected chi connectivity index (χ3v) is 3.52. The quantitative estimate of drug-likeness (QED) is 0.878. The Kier molecular flexibility index (Phi) is 3.64. The number of rotatable bonds is 4. The van der Waals surface area contributed by atoms with E-state index in [0.29, 0.717) is 6.54 Å². The summed E-state index contributed by atoms with van der Waals surface area (Å²) in [6.45, 7) is 2.84. The number of hydrogen-bond acceptors (Lipinski definition) is 4. The molecule has 0 amide bonds. The Morgan fingerprint density at radius 1 is 1.26 bits per heavy atom. The fourth-order valence-electron chi connectivity index (χ4n) is 2.57. The van der Waals surface area contributed by atoms with Crippen molar-refractivity contribution < 1.29 is 9.52 Å². The molecule has 0 saturated carbocycles. The van der Waals surface area contributed by atoms with Gasteiger partial charge in [0.15, 0.2) is 0 Å². The van der Waals surface area contributed by atoms with Gasteiger partial charge in [-0.05, 0) is 17.7 Å². The third kappa shape index (κ3) is 2.56. The van der Waals surface area contributed by atoms with E-state index < -0.39 is 0 Å². The summed E-state index contributed by atoms with van der Waals surface area (Å²) in [5.41, 5.74) is 2.31. The van der Waals surface area contributed by atoms with Crippen LogP contribution in [0.2, 0.25) is 0 Å². The Balaban J connectivity index is 1.79. The lowest BCUT2D eigenvalue weighted by molar-refractivity contribution is 0.179. The Morgan fingerprint density at radius 2 is 2.11 bits per heavy atom. The predicted octanol–water partition coefficient (Wildman–Crippen LogP) is 1.84. The summed E-state index contributed by atoms with van der Waals surface area (Å²) in [5.74, 6) is 0.887. The van der Waals surface area contributed by atoms with E-state index >= 15 is 0 Å². The van der Waals surface area contributed by atoms with E-state index in [2.05, 4.69) is 34.5 Å². The summed E-state index contributed by atoms with van der Waals surface area (Å²) < 4.78 is 5.39. The van der Waals surface area contributed by atoms with Gasteiger partial charge in [0.1, 0.15) is 5.76 Å². The summed E-state index contributed by atoms with van der Waals surface area (Å²) in [7, 11) is 0. The number of benzene rings is 1. The smallest absolute Gasteiger partial charge is 0.133 e. The molecule has 1 unspecified atom stereocenters. The maximum Gasteiger partial charge on any atom is 0.133 e. The van der Waals surface area contributed by atoms with Crippen LogP contribution in [0.3, 0.4) is 0 Å². The number of nitrogens with zero attached hydrogens (tertiary/aromatic N) is 1. The molecule has 19 heavy (non-hydrogen) atoms. The molecule has 1 aromatic carbocycles. The number of hydrogen-bond donors (Lipinski definition) is 2. The molecule has 0 spiro atoms. The average molecular weight is 258 g/mol. The summed E-state index contributed by atoms with van der Waals surface area (Å²) in [6.07, 6.45) is 1.89. The monoisotopic (exact) mass is 258 g/mol. The maximum atomic E-state index is 9.08. The molecule has 0 aliphatic carbocycles. The Morgan fingerprint density at radius 3 is 2.79 bits per heavy atom. The number of β-amino-alcohol motifs (C(OH)–C–C–N with tert-alkyl or cyclic N) is 1. The SMILES string of the molecule is OCCN1CCNC1c1ccc(-c2ccco2)cc1. The van der Waals surface area contributed by atoms with E-state index in [0.717, 1.165) is 24.4 Å². The van der Waals surface area contributed by atoms with Gasteiger partial charge in [-0.2, -0.15) is 0 Å². The molecule has 1 saturated heterocycles. The van der Waals surface area contributed by atoms with Gasteiger partial charge in [0, 0.05) is 25.2 Å². The number of nitrogens with one attached hydrogen (secondary N) is 1. The highest BCUT2D eigenvalue weighted by Gasteiger charge is 2.24. The number of furan rings is 1. The largest absolute Gasteiger partial charge is 0.464 e. The van der Waals surface area contributed by atoms with Crippen LogP contribution in [0.15, 0.2) is 47.1 Å². The number of aliphatic hydroxyl groups is 1. The molecule has 3 rings (SSSR count). The third-order valence-electron chi connectivity index (χ3n) is 3.52. The van der Waals surface area contributed by atoms with Crippen LogP contribution in [0.5, 0.6) is 0 Å². The van der Waals surface area contributed by atoms with Crippen LogP contribution in [-0.2, 0) is 0 Å². The molecule has 2 heterocycles. The minimum absolute atomic E-state index is 0.197. The molecule has 2 N–H and O–H groups in total. The first-order chi connectivity index (χ1) is 9.38. The van der Waals surface area contributed by atoms with Gasteiger partial charge in [-0.3, -0.25) is 10.2 Å². The molecule has 1 aliphatic rings. The molecule has 1 fully saturated rings. The molecular formula is C15H18N2O2. The fraction of sp³-hybridized carbons (Fsp3) is 0.333. The second-order valence-corrected chi connectivity index (χ2v) is 4.72. The van der Waals surface area contributed by atoms with Crippen molar-refractivity contribution in [2.45, 2.75) is 6.17 Å². The minimum atomic E-state index is 0.197. The normalized spacial score (nSPS) is 19.9. The molecule has 100 valence electrons. The highest BCUT2D eigenvalue weighted by Crippen LogP contribution is 2.25. The van der Waals surface area contributed by atoms with Gasteiger partial charge in [-0.25, -0.2) is 0 Å². The first kappa shape index (κ1) is 12.4. The molecule has 1 atom stereocenters. The van der Waals surface area contributed by atoms with Crippen LogP contribution in [0.1, 0.15) is 11.7 Å². The average Bonchev–Trinajstić information content (AvgIpc) is 3.10. The molecule has 0 bridgehead atoms. The van der Waals surface area contributed by atoms with Crippen LogP contribution >= 0.6 is 0 Å². The summed E-state index contributed by atoms with van der Waals surface area (Å²) >= 11 is 0. The van der Waals surface area contributed by atoms with Crippen molar-refractivity contribution in [3.8, 4) is 11.3 Å². The molecule has 1 aliphatic heterocycles. The zero-order valence-corrected chi connectivity index (χ0v) is 10.7. The summed E-state index contributed by atoms with van der Waals surface area (Å²) in [5, 5.41) is 12.5. The van der Waals surface area contributed by atoms with Crippen molar-refractivity contribution in [1.29, 1.82) is 0 Å². The highest BCUT2D eigenvalue weighted by molar-refractivity contribution is 5.57. The van der Waals surface area contributed by atoms with E-state index in [4.69, 9.17) is 9.52 Å². The van der Waals surface area contributed by atoms with E-state index in [-0.39, 0.29) is 12.8 Å². The highest BCUT2D eigenvalue weighted by atomic mass is 16.3. The molecule has 4 nitrogen and oxygen atoms in total. The van der Waals surface area contributed by atoms with Gasteiger partial charge in [0.05, 0.1) is 19.0 Å². The minimum Gasteiger partial charge on any atom is -0.464 e. The van der Waals surface area contributed by atoms with E-state index in [9.17, 15) is 0 Å². The second kappa shape index (κ2) is 5.57. The van der Waals surface area contributed by atoms with Crippen molar-refractivity contribution >= 4 is 0 Å². The van der Waals surface area contributed by atoms with Crippen LogP contribution in [0.4, 0.5) is 0 Å². The molecule has 2 aromatic rings.